The van der Waals surface area contributed by atoms with Crippen molar-refractivity contribution >= 4 is 27.3 Å². The quantitative estimate of drug-likeness (QED) is 0.933. The lowest BCUT2D eigenvalue weighted by atomic mass is 10.00. The van der Waals surface area contributed by atoms with Crippen LogP contribution in [-0.4, -0.2) is 14.2 Å². The first-order valence-corrected chi connectivity index (χ1v) is 7.05. The number of halogens is 1. The normalized spacial score (nSPS) is 12.2. The minimum absolute atomic E-state index is 0.265. The predicted octanol–water partition coefficient (Wildman–Crippen LogP) is 3.58. The van der Waals surface area contributed by atoms with E-state index in [1.807, 2.05) is 29.6 Å². The largest absolute Gasteiger partial charge is 0.496 e. The Morgan fingerprint density at radius 1 is 1.22 bits per heavy atom. The van der Waals surface area contributed by atoms with Crippen LogP contribution in [0.3, 0.4) is 0 Å². The first kappa shape index (κ1) is 13.4. The predicted molar refractivity (Wildman–Crippen MR) is 77.6 cm³/mol. The van der Waals surface area contributed by atoms with E-state index in [0.29, 0.717) is 0 Å². The Bertz CT molecular complexity index is 519. The third-order valence-corrected chi connectivity index (χ3v) is 4.25. The average Bonchev–Trinajstić information content (AvgIpc) is 2.83. The maximum absolute atomic E-state index is 6.31. The molecule has 1 aromatic heterocycles. The maximum Gasteiger partial charge on any atom is 0.127 e. The summed E-state index contributed by atoms with van der Waals surface area (Å²) in [5, 5.41) is 2.03. The van der Waals surface area contributed by atoms with Crippen LogP contribution < -0.4 is 15.2 Å². The third-order valence-electron chi connectivity index (χ3n) is 2.72. The molecule has 0 spiro atoms. The van der Waals surface area contributed by atoms with Crippen LogP contribution in [0.5, 0.6) is 11.5 Å². The van der Waals surface area contributed by atoms with Crippen LogP contribution in [-0.2, 0) is 0 Å². The Labute approximate surface area is 119 Å². The van der Waals surface area contributed by atoms with Gasteiger partial charge in [0.1, 0.15) is 11.5 Å². The second kappa shape index (κ2) is 5.73. The minimum Gasteiger partial charge on any atom is -0.496 e. The molecule has 0 fully saturated rings. The molecule has 1 atom stereocenters. The summed E-state index contributed by atoms with van der Waals surface area (Å²) in [5.74, 6) is 1.48. The fraction of sp³-hybridized carbons (Fsp3) is 0.231. The first-order chi connectivity index (χ1) is 8.67. The summed E-state index contributed by atoms with van der Waals surface area (Å²) < 4.78 is 11.8. The first-order valence-electron chi connectivity index (χ1n) is 5.37. The van der Waals surface area contributed by atoms with Crippen molar-refractivity contribution in [2.75, 3.05) is 14.2 Å². The SMILES string of the molecule is COc1cccc(OC)c1C(N)c1csc(Br)c1. The van der Waals surface area contributed by atoms with Crippen molar-refractivity contribution in [3.05, 3.63) is 44.6 Å². The highest BCUT2D eigenvalue weighted by molar-refractivity contribution is 9.11. The zero-order valence-corrected chi connectivity index (χ0v) is 12.5. The van der Waals surface area contributed by atoms with Crippen LogP contribution >= 0.6 is 27.3 Å². The summed E-state index contributed by atoms with van der Waals surface area (Å²) in [5.41, 5.74) is 8.21. The number of nitrogens with two attached hydrogens (primary N) is 1. The van der Waals surface area contributed by atoms with Gasteiger partial charge in [-0.3, -0.25) is 0 Å². The fourth-order valence-electron chi connectivity index (χ4n) is 1.84. The number of thiophene rings is 1. The monoisotopic (exact) mass is 327 g/mol. The molecule has 1 heterocycles. The molecule has 18 heavy (non-hydrogen) atoms. The van der Waals surface area contributed by atoms with Crippen molar-refractivity contribution in [2.24, 2.45) is 5.73 Å². The third kappa shape index (κ3) is 2.53. The van der Waals surface area contributed by atoms with Crippen LogP contribution in [0.1, 0.15) is 17.2 Å². The maximum atomic E-state index is 6.31. The van der Waals surface area contributed by atoms with Gasteiger partial charge in [-0.2, -0.15) is 0 Å². The van der Waals surface area contributed by atoms with Gasteiger partial charge in [-0.05, 0) is 45.1 Å². The summed E-state index contributed by atoms with van der Waals surface area (Å²) in [6, 6.07) is 7.41. The summed E-state index contributed by atoms with van der Waals surface area (Å²) in [4.78, 5) is 0. The summed E-state index contributed by atoms with van der Waals surface area (Å²) in [6.07, 6.45) is 0. The zero-order valence-electron chi connectivity index (χ0n) is 10.1. The van der Waals surface area contributed by atoms with E-state index in [9.17, 15) is 0 Å². The number of methoxy groups -OCH3 is 2. The van der Waals surface area contributed by atoms with Gasteiger partial charge in [0.25, 0.3) is 0 Å². The van der Waals surface area contributed by atoms with Crippen LogP contribution in [0, 0.1) is 0 Å². The van der Waals surface area contributed by atoms with Crippen molar-refractivity contribution in [3.8, 4) is 11.5 Å². The lowest BCUT2D eigenvalue weighted by molar-refractivity contribution is 0.382. The smallest absolute Gasteiger partial charge is 0.127 e. The molecule has 2 aromatic rings. The highest BCUT2D eigenvalue weighted by Gasteiger charge is 2.19. The van der Waals surface area contributed by atoms with Gasteiger partial charge in [0.2, 0.25) is 0 Å². The van der Waals surface area contributed by atoms with Gasteiger partial charge < -0.3 is 15.2 Å². The fourth-order valence-corrected chi connectivity index (χ4v) is 3.05. The zero-order chi connectivity index (χ0) is 13.1. The number of hydrogen-bond acceptors (Lipinski definition) is 4. The number of hydrogen-bond donors (Lipinski definition) is 1. The average molecular weight is 328 g/mol. The molecule has 3 nitrogen and oxygen atoms in total. The van der Waals surface area contributed by atoms with Gasteiger partial charge in [-0.25, -0.2) is 0 Å². The van der Waals surface area contributed by atoms with E-state index in [-0.39, 0.29) is 6.04 Å². The molecule has 0 aliphatic carbocycles. The van der Waals surface area contributed by atoms with E-state index in [4.69, 9.17) is 15.2 Å². The van der Waals surface area contributed by atoms with Crippen molar-refractivity contribution in [2.45, 2.75) is 6.04 Å². The molecule has 96 valence electrons. The van der Waals surface area contributed by atoms with E-state index in [1.54, 1.807) is 25.6 Å². The molecule has 5 heteroatoms. The molecule has 0 aliphatic heterocycles. The molecule has 1 aromatic carbocycles. The number of rotatable bonds is 4. The molecule has 0 radical (unpaired) electrons. The van der Waals surface area contributed by atoms with E-state index < -0.39 is 0 Å². The number of ether oxygens (including phenoxy) is 2. The topological polar surface area (TPSA) is 44.5 Å². The number of benzene rings is 1. The minimum atomic E-state index is -0.265. The standard InChI is InChI=1S/C13H14BrNO2S/c1-16-9-4-3-5-10(17-2)12(9)13(15)8-6-11(14)18-7-8/h3-7,13H,15H2,1-2H3. The van der Waals surface area contributed by atoms with E-state index in [0.717, 1.165) is 26.4 Å². The Kier molecular flexibility index (Phi) is 4.27. The Hall–Kier alpha value is -1.04. The van der Waals surface area contributed by atoms with E-state index >= 15 is 0 Å². The Morgan fingerprint density at radius 3 is 2.28 bits per heavy atom. The molecule has 1 unspecified atom stereocenters. The van der Waals surface area contributed by atoms with Crippen LogP contribution in [0.15, 0.2) is 33.4 Å². The van der Waals surface area contributed by atoms with Crippen LogP contribution in [0.25, 0.3) is 0 Å². The van der Waals surface area contributed by atoms with Crippen molar-refractivity contribution < 1.29 is 9.47 Å². The van der Waals surface area contributed by atoms with E-state index in [1.165, 1.54) is 0 Å². The van der Waals surface area contributed by atoms with Gasteiger partial charge in [0, 0.05) is 0 Å². The highest BCUT2D eigenvalue weighted by Crippen LogP contribution is 2.37. The molecule has 0 saturated heterocycles. The lowest BCUT2D eigenvalue weighted by Crippen LogP contribution is -2.13. The van der Waals surface area contributed by atoms with Crippen LogP contribution in [0.2, 0.25) is 0 Å². The molecule has 0 bridgehead atoms. The van der Waals surface area contributed by atoms with Gasteiger partial charge in [-0.15, -0.1) is 11.3 Å². The lowest BCUT2D eigenvalue weighted by Gasteiger charge is -2.18. The molecule has 0 saturated carbocycles. The van der Waals surface area contributed by atoms with E-state index in [2.05, 4.69) is 15.9 Å². The molecule has 0 amide bonds. The molecular weight excluding hydrogens is 314 g/mol. The van der Waals surface area contributed by atoms with Gasteiger partial charge in [0.15, 0.2) is 0 Å². The van der Waals surface area contributed by atoms with Gasteiger partial charge in [0.05, 0.1) is 29.6 Å². The van der Waals surface area contributed by atoms with Gasteiger partial charge >= 0.3 is 0 Å². The Morgan fingerprint density at radius 2 is 1.83 bits per heavy atom. The second-order valence-electron chi connectivity index (χ2n) is 3.74. The highest BCUT2D eigenvalue weighted by atomic mass is 79.9. The van der Waals surface area contributed by atoms with Crippen molar-refractivity contribution in [1.82, 2.24) is 0 Å². The molecule has 0 aliphatic rings. The summed E-state index contributed by atoms with van der Waals surface area (Å²) >= 11 is 5.05. The van der Waals surface area contributed by atoms with Gasteiger partial charge in [-0.1, -0.05) is 6.07 Å². The second-order valence-corrected chi connectivity index (χ2v) is 6.03. The molecule has 2 rings (SSSR count). The Balaban J connectivity index is 2.48. The molecule has 2 N–H and O–H groups in total. The van der Waals surface area contributed by atoms with Crippen molar-refractivity contribution in [1.29, 1.82) is 0 Å². The van der Waals surface area contributed by atoms with Crippen molar-refractivity contribution in [3.63, 3.8) is 0 Å². The summed E-state index contributed by atoms with van der Waals surface area (Å²) in [6.45, 7) is 0. The molecular formula is C13H14BrNO2S. The van der Waals surface area contributed by atoms with Crippen LogP contribution in [0.4, 0.5) is 0 Å². The summed E-state index contributed by atoms with van der Waals surface area (Å²) in [7, 11) is 3.27.